The fraction of sp³-hybridized carbons (Fsp3) is 0.625. The predicted molar refractivity (Wildman–Crippen MR) is 77.6 cm³/mol. The van der Waals surface area contributed by atoms with E-state index in [1.54, 1.807) is 12.1 Å². The van der Waals surface area contributed by atoms with Gasteiger partial charge in [0.25, 0.3) is 0 Å². The van der Waals surface area contributed by atoms with Gasteiger partial charge in [-0.3, -0.25) is 4.90 Å². The number of nitrogens with zero attached hydrogens (tertiary/aromatic N) is 1. The van der Waals surface area contributed by atoms with Gasteiger partial charge in [0, 0.05) is 18.1 Å². The fourth-order valence-corrected chi connectivity index (χ4v) is 3.17. The van der Waals surface area contributed by atoms with Gasteiger partial charge in [-0.1, -0.05) is 18.6 Å². The van der Waals surface area contributed by atoms with E-state index >= 15 is 0 Å². The number of rotatable bonds is 4. The Morgan fingerprint density at radius 2 is 1.95 bits per heavy atom. The van der Waals surface area contributed by atoms with Crippen LogP contribution in [0.15, 0.2) is 24.3 Å². The molecule has 1 fully saturated rings. The second kappa shape index (κ2) is 6.49. The number of hydrogen-bond donors (Lipinski definition) is 1. The molecule has 1 aromatic carbocycles. The van der Waals surface area contributed by atoms with Crippen molar-refractivity contribution in [2.24, 2.45) is 5.73 Å². The first-order valence-corrected chi connectivity index (χ1v) is 7.33. The maximum atomic E-state index is 12.9. The van der Waals surface area contributed by atoms with Crippen LogP contribution in [0, 0.1) is 5.82 Å². The second-order valence-electron chi connectivity index (χ2n) is 5.84. The van der Waals surface area contributed by atoms with Gasteiger partial charge in [0.1, 0.15) is 5.82 Å². The molecule has 3 heteroatoms. The first kappa shape index (κ1) is 14.5. The lowest BCUT2D eigenvalue weighted by molar-refractivity contribution is 0.0890. The van der Waals surface area contributed by atoms with Crippen LogP contribution in [0.1, 0.15) is 38.7 Å². The molecule has 3 unspecified atom stereocenters. The van der Waals surface area contributed by atoms with E-state index in [1.165, 1.54) is 24.8 Å². The van der Waals surface area contributed by atoms with Crippen LogP contribution in [0.3, 0.4) is 0 Å². The normalized spacial score (nSPS) is 24.1. The van der Waals surface area contributed by atoms with Crippen LogP contribution in [0.2, 0.25) is 0 Å². The molecule has 2 nitrogen and oxygen atoms in total. The largest absolute Gasteiger partial charge is 0.327 e. The lowest BCUT2D eigenvalue weighted by Gasteiger charge is -2.42. The minimum Gasteiger partial charge on any atom is -0.327 e. The van der Waals surface area contributed by atoms with Crippen LogP contribution < -0.4 is 5.73 Å². The summed E-state index contributed by atoms with van der Waals surface area (Å²) < 4.78 is 12.9. The highest BCUT2D eigenvalue weighted by atomic mass is 19.1. The van der Waals surface area contributed by atoms with Gasteiger partial charge in [-0.15, -0.1) is 0 Å². The average Bonchev–Trinajstić information content (AvgIpc) is 2.41. The molecule has 0 radical (unpaired) electrons. The molecule has 0 aliphatic carbocycles. The molecule has 1 heterocycles. The van der Waals surface area contributed by atoms with E-state index in [2.05, 4.69) is 18.7 Å². The van der Waals surface area contributed by atoms with Crippen molar-refractivity contribution >= 4 is 0 Å². The number of nitrogens with two attached hydrogens (primary N) is 1. The molecule has 0 aromatic heterocycles. The molecule has 106 valence electrons. The molecule has 1 saturated heterocycles. The van der Waals surface area contributed by atoms with Gasteiger partial charge in [0.05, 0.1) is 0 Å². The summed E-state index contributed by atoms with van der Waals surface area (Å²) >= 11 is 0. The number of benzene rings is 1. The summed E-state index contributed by atoms with van der Waals surface area (Å²) in [5.74, 6) is -0.164. The zero-order valence-corrected chi connectivity index (χ0v) is 12.0. The predicted octanol–water partition coefficient (Wildman–Crippen LogP) is 2.96. The van der Waals surface area contributed by atoms with E-state index in [4.69, 9.17) is 5.73 Å². The van der Waals surface area contributed by atoms with E-state index in [1.807, 2.05) is 12.1 Å². The summed E-state index contributed by atoms with van der Waals surface area (Å²) in [5, 5.41) is 0. The Bertz CT molecular complexity index is 388. The number of piperidine rings is 1. The van der Waals surface area contributed by atoms with Crippen LogP contribution >= 0.6 is 0 Å². The van der Waals surface area contributed by atoms with E-state index in [-0.39, 0.29) is 11.9 Å². The van der Waals surface area contributed by atoms with Crippen LogP contribution in [0.4, 0.5) is 4.39 Å². The Balaban J connectivity index is 2.01. The maximum Gasteiger partial charge on any atom is 0.123 e. The molecule has 1 aliphatic rings. The summed E-state index contributed by atoms with van der Waals surface area (Å²) in [6, 6.07) is 8.03. The zero-order valence-electron chi connectivity index (χ0n) is 12.0. The molecule has 1 aromatic rings. The standard InChI is InChI=1S/C16H25FN2/c1-12(11-14-6-8-15(17)9-7-14)19-10-4-3-5-16(19)13(2)18/h6-9,12-13,16H,3-5,10-11,18H2,1-2H3. The second-order valence-corrected chi connectivity index (χ2v) is 5.84. The molecule has 3 atom stereocenters. The third-order valence-corrected chi connectivity index (χ3v) is 4.21. The van der Waals surface area contributed by atoms with Crippen molar-refractivity contribution in [2.75, 3.05) is 6.54 Å². The van der Waals surface area contributed by atoms with Gasteiger partial charge in [-0.25, -0.2) is 4.39 Å². The Morgan fingerprint density at radius 3 is 2.58 bits per heavy atom. The smallest absolute Gasteiger partial charge is 0.123 e. The Hall–Kier alpha value is -0.930. The highest BCUT2D eigenvalue weighted by Crippen LogP contribution is 2.23. The Labute approximate surface area is 115 Å². The number of hydrogen-bond acceptors (Lipinski definition) is 2. The first-order chi connectivity index (χ1) is 9.08. The zero-order chi connectivity index (χ0) is 13.8. The maximum absolute atomic E-state index is 12.9. The van der Waals surface area contributed by atoms with Crippen LogP contribution in [0.5, 0.6) is 0 Å². The molecule has 0 spiro atoms. The molecule has 19 heavy (non-hydrogen) atoms. The van der Waals surface area contributed by atoms with Gasteiger partial charge in [0.2, 0.25) is 0 Å². The average molecular weight is 264 g/mol. The highest BCUT2D eigenvalue weighted by Gasteiger charge is 2.28. The van der Waals surface area contributed by atoms with Crippen molar-refractivity contribution in [1.29, 1.82) is 0 Å². The lowest BCUT2D eigenvalue weighted by Crippen LogP contribution is -2.53. The lowest BCUT2D eigenvalue weighted by atomic mass is 9.93. The van der Waals surface area contributed by atoms with Crippen molar-refractivity contribution in [3.63, 3.8) is 0 Å². The summed E-state index contributed by atoms with van der Waals surface area (Å²) in [6.07, 6.45) is 4.71. The van der Waals surface area contributed by atoms with E-state index < -0.39 is 0 Å². The van der Waals surface area contributed by atoms with Gasteiger partial charge in [-0.2, -0.15) is 0 Å². The SMILES string of the molecule is CC(N)C1CCCCN1C(C)Cc1ccc(F)cc1. The van der Waals surface area contributed by atoms with E-state index in [9.17, 15) is 4.39 Å². The molecule has 2 rings (SSSR count). The van der Waals surface area contributed by atoms with Crippen molar-refractivity contribution in [3.05, 3.63) is 35.6 Å². The monoisotopic (exact) mass is 264 g/mol. The van der Waals surface area contributed by atoms with Crippen molar-refractivity contribution in [1.82, 2.24) is 4.90 Å². The van der Waals surface area contributed by atoms with Crippen LogP contribution in [-0.4, -0.2) is 29.6 Å². The van der Waals surface area contributed by atoms with Gasteiger partial charge in [0.15, 0.2) is 0 Å². The van der Waals surface area contributed by atoms with Gasteiger partial charge < -0.3 is 5.73 Å². The minimum absolute atomic E-state index is 0.164. The number of halogens is 1. The topological polar surface area (TPSA) is 29.3 Å². The van der Waals surface area contributed by atoms with Crippen LogP contribution in [0.25, 0.3) is 0 Å². The summed E-state index contributed by atoms with van der Waals surface area (Å²) in [5.41, 5.74) is 7.31. The first-order valence-electron chi connectivity index (χ1n) is 7.33. The van der Waals surface area contributed by atoms with Crippen molar-refractivity contribution in [3.8, 4) is 0 Å². The van der Waals surface area contributed by atoms with Crippen molar-refractivity contribution < 1.29 is 4.39 Å². The molecular weight excluding hydrogens is 239 g/mol. The molecular formula is C16H25FN2. The summed E-state index contributed by atoms with van der Waals surface area (Å²) in [6.45, 7) is 5.49. The quantitative estimate of drug-likeness (QED) is 0.906. The Kier molecular flexibility index (Phi) is 4.94. The fourth-order valence-electron chi connectivity index (χ4n) is 3.17. The Morgan fingerprint density at radius 1 is 1.26 bits per heavy atom. The molecule has 0 amide bonds. The molecule has 0 saturated carbocycles. The van der Waals surface area contributed by atoms with E-state index in [0.29, 0.717) is 12.1 Å². The summed E-state index contributed by atoms with van der Waals surface area (Å²) in [7, 11) is 0. The minimum atomic E-state index is -0.164. The van der Waals surface area contributed by atoms with E-state index in [0.717, 1.165) is 13.0 Å². The highest BCUT2D eigenvalue weighted by molar-refractivity contribution is 5.17. The third-order valence-electron chi connectivity index (χ3n) is 4.21. The molecule has 1 aliphatic heterocycles. The molecule has 0 bridgehead atoms. The molecule has 2 N–H and O–H groups in total. The van der Waals surface area contributed by atoms with Gasteiger partial charge in [-0.05, 0) is 57.4 Å². The van der Waals surface area contributed by atoms with Crippen LogP contribution in [-0.2, 0) is 6.42 Å². The summed E-state index contributed by atoms with van der Waals surface area (Å²) in [4.78, 5) is 2.54. The third kappa shape index (κ3) is 3.77. The number of likely N-dealkylation sites (tertiary alicyclic amines) is 1. The van der Waals surface area contributed by atoms with Gasteiger partial charge >= 0.3 is 0 Å². The van der Waals surface area contributed by atoms with Crippen molar-refractivity contribution in [2.45, 2.75) is 57.7 Å².